The van der Waals surface area contributed by atoms with Gasteiger partial charge in [0.15, 0.2) is 0 Å². The number of nitrogens with zero attached hydrogens (tertiary/aromatic N) is 4. The van der Waals surface area contributed by atoms with Gasteiger partial charge in [-0.05, 0) is 26.0 Å². The van der Waals surface area contributed by atoms with Crippen molar-refractivity contribution in [3.63, 3.8) is 0 Å². The van der Waals surface area contributed by atoms with Crippen molar-refractivity contribution in [2.75, 3.05) is 36.8 Å². The molecule has 1 aromatic heterocycles. The number of nitrogen functional groups attached to an aromatic ring is 1. The summed E-state index contributed by atoms with van der Waals surface area (Å²) >= 11 is 0. The Hall–Kier alpha value is -2.14. The van der Waals surface area contributed by atoms with Crippen molar-refractivity contribution in [3.8, 4) is 11.3 Å². The molecule has 1 aliphatic heterocycles. The molecule has 0 atom stereocenters. The van der Waals surface area contributed by atoms with Crippen LogP contribution in [0.15, 0.2) is 36.7 Å². The molecule has 1 aromatic carbocycles. The topological polar surface area (TPSA) is 58.3 Å². The molecule has 1 fully saturated rings. The highest BCUT2D eigenvalue weighted by Crippen LogP contribution is 2.20. The van der Waals surface area contributed by atoms with Gasteiger partial charge >= 0.3 is 0 Å². The molecule has 0 amide bonds. The molecule has 0 aliphatic carbocycles. The minimum Gasteiger partial charge on any atom is -0.399 e. The molecule has 3 rings (SSSR count). The lowest BCUT2D eigenvalue weighted by molar-refractivity contribution is 0.209. The normalized spacial score (nSPS) is 16.2. The largest absolute Gasteiger partial charge is 0.399 e. The molecule has 5 heteroatoms. The maximum Gasteiger partial charge on any atom is 0.147 e. The first-order valence-electron chi connectivity index (χ1n) is 7.80. The summed E-state index contributed by atoms with van der Waals surface area (Å²) in [6, 6.07) is 8.33. The van der Waals surface area contributed by atoms with Gasteiger partial charge in [0.1, 0.15) is 5.82 Å². The highest BCUT2D eigenvalue weighted by molar-refractivity contribution is 5.61. The molecule has 2 N–H and O–H groups in total. The van der Waals surface area contributed by atoms with E-state index in [4.69, 9.17) is 5.73 Å². The zero-order chi connectivity index (χ0) is 15.5. The van der Waals surface area contributed by atoms with Crippen LogP contribution in [0.25, 0.3) is 11.3 Å². The third kappa shape index (κ3) is 3.20. The second-order valence-corrected chi connectivity index (χ2v) is 6.00. The Morgan fingerprint density at radius 2 is 1.64 bits per heavy atom. The molecule has 0 saturated carbocycles. The van der Waals surface area contributed by atoms with E-state index in [0.717, 1.165) is 48.9 Å². The smallest absolute Gasteiger partial charge is 0.147 e. The number of rotatable bonds is 3. The summed E-state index contributed by atoms with van der Waals surface area (Å²) < 4.78 is 0. The molecule has 0 unspecified atom stereocenters. The van der Waals surface area contributed by atoms with Crippen LogP contribution in [0.4, 0.5) is 11.5 Å². The lowest BCUT2D eigenvalue weighted by Gasteiger charge is -2.37. The second kappa shape index (κ2) is 6.32. The van der Waals surface area contributed by atoms with Crippen molar-refractivity contribution in [2.45, 2.75) is 19.9 Å². The zero-order valence-corrected chi connectivity index (χ0v) is 13.2. The summed E-state index contributed by atoms with van der Waals surface area (Å²) in [5.41, 5.74) is 8.39. The summed E-state index contributed by atoms with van der Waals surface area (Å²) in [7, 11) is 0. The molecule has 0 bridgehead atoms. The van der Waals surface area contributed by atoms with Crippen molar-refractivity contribution < 1.29 is 0 Å². The van der Waals surface area contributed by atoms with E-state index in [1.807, 2.05) is 36.7 Å². The van der Waals surface area contributed by atoms with Crippen molar-refractivity contribution in [1.29, 1.82) is 0 Å². The number of hydrogen-bond acceptors (Lipinski definition) is 5. The van der Waals surface area contributed by atoms with Crippen LogP contribution < -0.4 is 10.6 Å². The monoisotopic (exact) mass is 297 g/mol. The van der Waals surface area contributed by atoms with Gasteiger partial charge in [-0.3, -0.25) is 9.88 Å². The quantitative estimate of drug-likeness (QED) is 0.881. The molecule has 0 spiro atoms. The van der Waals surface area contributed by atoms with E-state index in [1.165, 1.54) is 0 Å². The number of piperazine rings is 1. The van der Waals surface area contributed by atoms with Crippen LogP contribution in [0, 0.1) is 0 Å². The van der Waals surface area contributed by atoms with Crippen LogP contribution in [-0.4, -0.2) is 47.1 Å². The molecule has 2 aromatic rings. The van der Waals surface area contributed by atoms with E-state index >= 15 is 0 Å². The van der Waals surface area contributed by atoms with Crippen molar-refractivity contribution in [1.82, 2.24) is 14.9 Å². The Morgan fingerprint density at radius 3 is 2.18 bits per heavy atom. The lowest BCUT2D eigenvalue weighted by atomic mass is 10.1. The van der Waals surface area contributed by atoms with Crippen LogP contribution in [0.3, 0.4) is 0 Å². The number of aromatic nitrogens is 2. The van der Waals surface area contributed by atoms with Gasteiger partial charge in [-0.15, -0.1) is 0 Å². The maximum absolute atomic E-state index is 5.71. The number of hydrogen-bond donors (Lipinski definition) is 1. The predicted octanol–water partition coefficient (Wildman–Crippen LogP) is 2.26. The fourth-order valence-corrected chi connectivity index (χ4v) is 2.75. The van der Waals surface area contributed by atoms with Gasteiger partial charge in [0.25, 0.3) is 0 Å². The molecule has 22 heavy (non-hydrogen) atoms. The fraction of sp³-hybridized carbons (Fsp3) is 0.412. The molecule has 116 valence electrons. The van der Waals surface area contributed by atoms with E-state index in [0.29, 0.717) is 6.04 Å². The maximum atomic E-state index is 5.71. The van der Waals surface area contributed by atoms with Crippen molar-refractivity contribution in [3.05, 3.63) is 36.7 Å². The molecular weight excluding hydrogens is 274 g/mol. The van der Waals surface area contributed by atoms with Crippen LogP contribution in [0.5, 0.6) is 0 Å². The fourth-order valence-electron chi connectivity index (χ4n) is 2.75. The average molecular weight is 297 g/mol. The number of anilines is 2. The average Bonchev–Trinajstić information content (AvgIpc) is 2.56. The van der Waals surface area contributed by atoms with Gasteiger partial charge in [-0.25, -0.2) is 4.98 Å². The summed E-state index contributed by atoms with van der Waals surface area (Å²) in [5.74, 6) is 0.961. The third-order valence-electron chi connectivity index (χ3n) is 4.21. The lowest BCUT2D eigenvalue weighted by Crippen LogP contribution is -2.49. The van der Waals surface area contributed by atoms with Crippen LogP contribution >= 0.6 is 0 Å². The summed E-state index contributed by atoms with van der Waals surface area (Å²) in [6.45, 7) is 8.67. The second-order valence-electron chi connectivity index (χ2n) is 6.00. The summed E-state index contributed by atoms with van der Waals surface area (Å²) in [6.07, 6.45) is 3.71. The first-order valence-corrected chi connectivity index (χ1v) is 7.80. The minimum absolute atomic E-state index is 0.612. The van der Waals surface area contributed by atoms with Crippen LogP contribution in [0.2, 0.25) is 0 Å². The highest BCUT2D eigenvalue weighted by Gasteiger charge is 2.19. The van der Waals surface area contributed by atoms with Crippen LogP contribution in [0.1, 0.15) is 13.8 Å². The first kappa shape index (κ1) is 14.8. The Balaban J connectivity index is 1.68. The Labute approximate surface area is 131 Å². The SMILES string of the molecule is CC(C)N1CCN(c2cnc(-c3ccc(N)cc3)cn2)CC1. The third-order valence-corrected chi connectivity index (χ3v) is 4.21. The minimum atomic E-state index is 0.612. The van der Waals surface area contributed by atoms with E-state index in [9.17, 15) is 0 Å². The van der Waals surface area contributed by atoms with Gasteiger partial charge in [0, 0.05) is 43.5 Å². The molecule has 0 radical (unpaired) electrons. The molecule has 2 heterocycles. The van der Waals surface area contributed by atoms with Crippen molar-refractivity contribution in [2.24, 2.45) is 0 Å². The van der Waals surface area contributed by atoms with Crippen LogP contribution in [-0.2, 0) is 0 Å². The molecule has 5 nitrogen and oxygen atoms in total. The Kier molecular flexibility index (Phi) is 4.24. The molecule has 1 saturated heterocycles. The highest BCUT2D eigenvalue weighted by atomic mass is 15.3. The Morgan fingerprint density at radius 1 is 0.955 bits per heavy atom. The summed E-state index contributed by atoms with van der Waals surface area (Å²) in [5, 5.41) is 0. The van der Waals surface area contributed by atoms with E-state index in [1.54, 1.807) is 0 Å². The first-order chi connectivity index (χ1) is 10.6. The van der Waals surface area contributed by atoms with Gasteiger partial charge < -0.3 is 10.6 Å². The molecule has 1 aliphatic rings. The van der Waals surface area contributed by atoms with Gasteiger partial charge in [0.2, 0.25) is 0 Å². The van der Waals surface area contributed by atoms with Crippen molar-refractivity contribution >= 4 is 11.5 Å². The Bertz CT molecular complexity index is 598. The summed E-state index contributed by atoms with van der Waals surface area (Å²) in [4.78, 5) is 13.9. The van der Waals surface area contributed by atoms with Gasteiger partial charge in [0.05, 0.1) is 18.1 Å². The number of nitrogens with two attached hydrogens (primary N) is 1. The van der Waals surface area contributed by atoms with E-state index < -0.39 is 0 Å². The standard InChI is InChI=1S/C17H23N5/c1-13(2)21-7-9-22(10-8-21)17-12-19-16(11-20-17)14-3-5-15(18)6-4-14/h3-6,11-13H,7-10,18H2,1-2H3. The van der Waals surface area contributed by atoms with Gasteiger partial charge in [-0.1, -0.05) is 12.1 Å². The van der Waals surface area contributed by atoms with E-state index in [2.05, 4.69) is 33.6 Å². The molecular formula is C17H23N5. The van der Waals surface area contributed by atoms with E-state index in [-0.39, 0.29) is 0 Å². The van der Waals surface area contributed by atoms with Gasteiger partial charge in [-0.2, -0.15) is 0 Å². The zero-order valence-electron chi connectivity index (χ0n) is 13.2. The predicted molar refractivity (Wildman–Crippen MR) is 90.8 cm³/mol. The number of benzene rings is 1.